The first-order chi connectivity index (χ1) is 15.1. The standard InChI is InChI=1S/C23H26N6O2/c1-17-13-18(6-7-19(17)31-2)14-23(30)29-11-9-28(10-12-29)22-15-21(25-16-26-22)27-20-5-3-4-8-24-20/h3-8,13,15-16H,9-12,14H2,1-2H3,(H,24,25,26,27). The number of nitrogens with zero attached hydrogens (tertiary/aromatic N) is 5. The molecule has 0 spiro atoms. The molecule has 1 N–H and O–H groups in total. The Hall–Kier alpha value is -3.68. The number of methoxy groups -OCH3 is 1. The van der Waals surface area contributed by atoms with E-state index in [1.54, 1.807) is 19.6 Å². The molecule has 160 valence electrons. The number of pyridine rings is 1. The van der Waals surface area contributed by atoms with Crippen molar-refractivity contribution in [3.05, 3.63) is 66.1 Å². The van der Waals surface area contributed by atoms with Crippen molar-refractivity contribution >= 4 is 23.4 Å². The van der Waals surface area contributed by atoms with Crippen LogP contribution >= 0.6 is 0 Å². The molecular formula is C23H26N6O2. The average molecular weight is 419 g/mol. The highest BCUT2D eigenvalue weighted by molar-refractivity contribution is 5.79. The summed E-state index contributed by atoms with van der Waals surface area (Å²) in [5, 5.41) is 3.19. The lowest BCUT2D eigenvalue weighted by atomic mass is 10.1. The Kier molecular flexibility index (Phi) is 6.26. The third-order valence-electron chi connectivity index (χ3n) is 5.34. The molecule has 0 unspecified atom stereocenters. The quantitative estimate of drug-likeness (QED) is 0.659. The Labute approximate surface area is 181 Å². The van der Waals surface area contributed by atoms with Crippen LogP contribution in [0.3, 0.4) is 0 Å². The molecule has 1 saturated heterocycles. The highest BCUT2D eigenvalue weighted by Gasteiger charge is 2.22. The van der Waals surface area contributed by atoms with Gasteiger partial charge in [0.15, 0.2) is 0 Å². The van der Waals surface area contributed by atoms with Gasteiger partial charge in [-0.15, -0.1) is 0 Å². The predicted molar refractivity (Wildman–Crippen MR) is 120 cm³/mol. The normalized spacial score (nSPS) is 13.7. The Balaban J connectivity index is 1.33. The van der Waals surface area contributed by atoms with Crippen LogP contribution in [0, 0.1) is 6.92 Å². The van der Waals surface area contributed by atoms with Crippen molar-refractivity contribution in [1.29, 1.82) is 0 Å². The van der Waals surface area contributed by atoms with Gasteiger partial charge in [-0.25, -0.2) is 15.0 Å². The molecule has 1 amide bonds. The van der Waals surface area contributed by atoms with Gasteiger partial charge in [0.05, 0.1) is 13.5 Å². The van der Waals surface area contributed by atoms with E-state index in [0.29, 0.717) is 25.3 Å². The molecule has 1 fully saturated rings. The van der Waals surface area contributed by atoms with E-state index in [4.69, 9.17) is 4.74 Å². The van der Waals surface area contributed by atoms with Gasteiger partial charge >= 0.3 is 0 Å². The number of hydrogen-bond donors (Lipinski definition) is 1. The second-order valence-electron chi connectivity index (χ2n) is 7.45. The average Bonchev–Trinajstić information content (AvgIpc) is 2.80. The van der Waals surface area contributed by atoms with Crippen molar-refractivity contribution in [2.75, 3.05) is 43.5 Å². The first kappa shape index (κ1) is 20.6. The number of ether oxygens (including phenoxy) is 1. The summed E-state index contributed by atoms with van der Waals surface area (Å²) in [6, 6.07) is 13.5. The van der Waals surface area contributed by atoms with Crippen LogP contribution in [0.1, 0.15) is 11.1 Å². The molecule has 8 nitrogen and oxygen atoms in total. The van der Waals surface area contributed by atoms with Gasteiger partial charge in [0.2, 0.25) is 5.91 Å². The highest BCUT2D eigenvalue weighted by atomic mass is 16.5. The maximum atomic E-state index is 12.8. The zero-order valence-corrected chi connectivity index (χ0v) is 17.8. The summed E-state index contributed by atoms with van der Waals surface area (Å²) in [5.74, 6) is 3.25. The molecule has 1 aromatic carbocycles. The smallest absolute Gasteiger partial charge is 0.227 e. The number of carbonyl (C=O) groups excluding carboxylic acids is 1. The van der Waals surface area contributed by atoms with Crippen LogP contribution < -0.4 is 15.0 Å². The largest absolute Gasteiger partial charge is 0.496 e. The molecule has 3 heterocycles. The summed E-state index contributed by atoms with van der Waals surface area (Å²) in [6.07, 6.45) is 3.68. The number of nitrogens with one attached hydrogen (secondary N) is 1. The number of aromatic nitrogens is 3. The van der Waals surface area contributed by atoms with Gasteiger partial charge in [-0.1, -0.05) is 18.2 Å². The maximum Gasteiger partial charge on any atom is 0.227 e. The number of carbonyl (C=O) groups is 1. The zero-order valence-electron chi connectivity index (χ0n) is 17.8. The van der Waals surface area contributed by atoms with Gasteiger partial charge in [0.25, 0.3) is 0 Å². The summed E-state index contributed by atoms with van der Waals surface area (Å²) in [6.45, 7) is 4.78. The number of benzene rings is 1. The number of rotatable bonds is 6. The predicted octanol–water partition coefficient (Wildman–Crippen LogP) is 2.82. The fraction of sp³-hybridized carbons (Fsp3) is 0.304. The molecule has 1 aliphatic heterocycles. The van der Waals surface area contributed by atoms with E-state index in [1.165, 1.54) is 0 Å². The Morgan fingerprint density at radius 1 is 1.03 bits per heavy atom. The minimum Gasteiger partial charge on any atom is -0.496 e. The van der Waals surface area contributed by atoms with E-state index in [2.05, 4.69) is 25.2 Å². The van der Waals surface area contributed by atoms with Crippen LogP contribution in [0.15, 0.2) is 55.0 Å². The summed E-state index contributed by atoms with van der Waals surface area (Å²) in [5.41, 5.74) is 2.04. The molecular weight excluding hydrogens is 392 g/mol. The van der Waals surface area contributed by atoms with Crippen molar-refractivity contribution in [2.24, 2.45) is 0 Å². The van der Waals surface area contributed by atoms with Crippen LogP contribution in [0.4, 0.5) is 17.5 Å². The van der Waals surface area contributed by atoms with Crippen molar-refractivity contribution in [2.45, 2.75) is 13.3 Å². The Morgan fingerprint density at radius 3 is 2.58 bits per heavy atom. The molecule has 0 saturated carbocycles. The van der Waals surface area contributed by atoms with Crippen LogP contribution in [0.25, 0.3) is 0 Å². The van der Waals surface area contributed by atoms with Crippen molar-refractivity contribution in [3.63, 3.8) is 0 Å². The lowest BCUT2D eigenvalue weighted by molar-refractivity contribution is -0.130. The summed E-state index contributed by atoms with van der Waals surface area (Å²) < 4.78 is 5.30. The van der Waals surface area contributed by atoms with Gasteiger partial charge in [-0.3, -0.25) is 4.79 Å². The van der Waals surface area contributed by atoms with Crippen molar-refractivity contribution in [3.8, 4) is 5.75 Å². The molecule has 0 atom stereocenters. The van der Waals surface area contributed by atoms with Crippen LogP contribution in [-0.4, -0.2) is 59.0 Å². The summed E-state index contributed by atoms with van der Waals surface area (Å²) >= 11 is 0. The van der Waals surface area contributed by atoms with Crippen LogP contribution in [-0.2, 0) is 11.2 Å². The third-order valence-corrected chi connectivity index (χ3v) is 5.34. The second-order valence-corrected chi connectivity index (χ2v) is 7.45. The number of aryl methyl sites for hydroxylation is 1. The molecule has 0 aliphatic carbocycles. The van der Waals surface area contributed by atoms with Gasteiger partial charge < -0.3 is 19.9 Å². The summed E-state index contributed by atoms with van der Waals surface area (Å²) in [7, 11) is 1.65. The van der Waals surface area contributed by atoms with Crippen LogP contribution in [0.2, 0.25) is 0 Å². The minimum absolute atomic E-state index is 0.143. The van der Waals surface area contributed by atoms with E-state index in [-0.39, 0.29) is 5.91 Å². The fourth-order valence-electron chi connectivity index (χ4n) is 3.68. The van der Waals surface area contributed by atoms with Gasteiger partial charge in [-0.05, 0) is 36.2 Å². The number of anilines is 3. The zero-order chi connectivity index (χ0) is 21.6. The van der Waals surface area contributed by atoms with E-state index < -0.39 is 0 Å². The molecule has 0 bridgehead atoms. The first-order valence-corrected chi connectivity index (χ1v) is 10.3. The Morgan fingerprint density at radius 2 is 1.87 bits per heavy atom. The monoisotopic (exact) mass is 418 g/mol. The van der Waals surface area contributed by atoms with E-state index in [9.17, 15) is 4.79 Å². The maximum absolute atomic E-state index is 12.8. The number of piperazine rings is 1. The van der Waals surface area contributed by atoms with Gasteiger partial charge in [0, 0.05) is 38.4 Å². The molecule has 4 rings (SSSR count). The van der Waals surface area contributed by atoms with Gasteiger partial charge in [-0.2, -0.15) is 0 Å². The fourth-order valence-corrected chi connectivity index (χ4v) is 3.68. The lowest BCUT2D eigenvalue weighted by Gasteiger charge is -2.35. The summed E-state index contributed by atoms with van der Waals surface area (Å²) in [4.78, 5) is 29.8. The molecule has 0 radical (unpaired) electrons. The lowest BCUT2D eigenvalue weighted by Crippen LogP contribution is -2.49. The second kappa shape index (κ2) is 9.42. The topological polar surface area (TPSA) is 83.5 Å². The SMILES string of the molecule is COc1ccc(CC(=O)N2CCN(c3cc(Nc4ccccn4)ncn3)CC2)cc1C. The minimum atomic E-state index is 0.143. The molecule has 8 heteroatoms. The highest BCUT2D eigenvalue weighted by Crippen LogP contribution is 2.21. The van der Waals surface area contributed by atoms with Crippen molar-refractivity contribution < 1.29 is 9.53 Å². The molecule has 31 heavy (non-hydrogen) atoms. The van der Waals surface area contributed by atoms with E-state index in [1.807, 2.05) is 54.3 Å². The molecule has 2 aromatic heterocycles. The number of amides is 1. The number of hydrogen-bond acceptors (Lipinski definition) is 7. The van der Waals surface area contributed by atoms with E-state index >= 15 is 0 Å². The van der Waals surface area contributed by atoms with Crippen LogP contribution in [0.5, 0.6) is 5.75 Å². The Bertz CT molecular complexity index is 1040. The molecule has 1 aliphatic rings. The third kappa shape index (κ3) is 5.09. The van der Waals surface area contributed by atoms with E-state index in [0.717, 1.165) is 41.6 Å². The van der Waals surface area contributed by atoms with Crippen molar-refractivity contribution in [1.82, 2.24) is 19.9 Å². The molecule has 3 aromatic rings. The van der Waals surface area contributed by atoms with Gasteiger partial charge in [0.1, 0.15) is 29.5 Å². The first-order valence-electron chi connectivity index (χ1n) is 10.3.